The van der Waals surface area contributed by atoms with Crippen LogP contribution in [-0.2, 0) is 4.74 Å². The van der Waals surface area contributed by atoms with Crippen molar-refractivity contribution in [1.29, 1.82) is 0 Å². The smallest absolute Gasteiger partial charge is 0.268 e. The average molecular weight is 387 g/mol. The van der Waals surface area contributed by atoms with Crippen LogP contribution in [0.15, 0.2) is 18.2 Å². The van der Waals surface area contributed by atoms with Crippen molar-refractivity contribution in [2.24, 2.45) is 11.8 Å². The molecule has 1 aliphatic carbocycles. The van der Waals surface area contributed by atoms with E-state index in [9.17, 15) is 9.18 Å². The van der Waals surface area contributed by atoms with E-state index in [1.165, 1.54) is 6.07 Å². The Labute approximate surface area is 165 Å². The number of likely N-dealkylation sites (N-methyl/N-ethyl adjacent to an activating group) is 1. The SMILES string of the molecule is COC1CCN(C)C(C(NC(=O)c2cc3c(F)ccc(C)c3[nH]2)C2CC2)C1C. The van der Waals surface area contributed by atoms with E-state index in [-0.39, 0.29) is 29.9 Å². The van der Waals surface area contributed by atoms with Crippen molar-refractivity contribution in [3.8, 4) is 0 Å². The Balaban J connectivity index is 1.59. The van der Waals surface area contributed by atoms with Crippen LogP contribution in [0.2, 0.25) is 0 Å². The van der Waals surface area contributed by atoms with Gasteiger partial charge >= 0.3 is 0 Å². The number of hydrogen-bond donors (Lipinski definition) is 2. The molecule has 4 rings (SSSR count). The fourth-order valence-corrected chi connectivity index (χ4v) is 4.91. The number of ether oxygens (including phenoxy) is 1. The predicted octanol–water partition coefficient (Wildman–Crippen LogP) is 3.48. The molecule has 28 heavy (non-hydrogen) atoms. The third-order valence-electron chi connectivity index (χ3n) is 6.69. The summed E-state index contributed by atoms with van der Waals surface area (Å²) in [5.74, 6) is 0.361. The van der Waals surface area contributed by atoms with Crippen molar-refractivity contribution in [2.45, 2.75) is 51.3 Å². The van der Waals surface area contributed by atoms with Crippen LogP contribution >= 0.6 is 0 Å². The van der Waals surface area contributed by atoms with Crippen molar-refractivity contribution in [1.82, 2.24) is 15.2 Å². The number of amides is 1. The predicted molar refractivity (Wildman–Crippen MR) is 108 cm³/mol. The minimum absolute atomic E-state index is 0.0720. The van der Waals surface area contributed by atoms with E-state index in [1.54, 1.807) is 19.2 Å². The molecule has 2 N–H and O–H groups in total. The van der Waals surface area contributed by atoms with Crippen LogP contribution in [0.3, 0.4) is 0 Å². The standard InChI is InChI=1S/C22H30FN3O2/c1-12-5-8-16(23)15-11-17(24-19(12)15)22(27)25-20(14-6-7-14)21-13(2)18(28-4)9-10-26(21)3/h5,8,11,13-14,18,20-21,24H,6-7,9-10H2,1-4H3,(H,25,27). The Morgan fingerprint density at radius 3 is 2.75 bits per heavy atom. The molecular weight excluding hydrogens is 357 g/mol. The van der Waals surface area contributed by atoms with Gasteiger partial charge in [-0.05, 0) is 62.8 Å². The van der Waals surface area contributed by atoms with E-state index >= 15 is 0 Å². The molecule has 2 fully saturated rings. The summed E-state index contributed by atoms with van der Waals surface area (Å²) in [7, 11) is 3.91. The number of methoxy groups -OCH3 is 1. The summed E-state index contributed by atoms with van der Waals surface area (Å²) >= 11 is 0. The highest BCUT2D eigenvalue weighted by molar-refractivity contribution is 5.99. The fraction of sp³-hybridized carbons (Fsp3) is 0.591. The monoisotopic (exact) mass is 387 g/mol. The molecule has 1 aromatic heterocycles. The van der Waals surface area contributed by atoms with Crippen molar-refractivity contribution in [2.75, 3.05) is 20.7 Å². The van der Waals surface area contributed by atoms with Crippen molar-refractivity contribution >= 4 is 16.8 Å². The van der Waals surface area contributed by atoms with Crippen LogP contribution in [0.5, 0.6) is 0 Å². The molecule has 2 aliphatic rings. The average Bonchev–Trinajstić information content (AvgIpc) is 3.41. The van der Waals surface area contributed by atoms with Gasteiger partial charge in [-0.15, -0.1) is 0 Å². The van der Waals surface area contributed by atoms with E-state index in [1.807, 2.05) is 6.92 Å². The van der Waals surface area contributed by atoms with Gasteiger partial charge in [0.1, 0.15) is 11.5 Å². The molecule has 1 saturated carbocycles. The maximum Gasteiger partial charge on any atom is 0.268 e. The third-order valence-corrected chi connectivity index (χ3v) is 6.69. The van der Waals surface area contributed by atoms with Gasteiger partial charge in [0, 0.05) is 31.1 Å². The lowest BCUT2D eigenvalue weighted by Crippen LogP contribution is -2.60. The molecule has 0 spiro atoms. The van der Waals surface area contributed by atoms with Crippen molar-refractivity contribution in [3.05, 3.63) is 35.3 Å². The molecule has 0 radical (unpaired) electrons. The summed E-state index contributed by atoms with van der Waals surface area (Å²) in [6.45, 7) is 5.09. The lowest BCUT2D eigenvalue weighted by atomic mass is 9.82. The molecule has 4 unspecified atom stereocenters. The number of nitrogens with one attached hydrogen (secondary N) is 2. The number of nitrogens with zero attached hydrogens (tertiary/aromatic N) is 1. The van der Waals surface area contributed by atoms with Crippen LogP contribution in [-0.4, -0.2) is 54.7 Å². The Morgan fingerprint density at radius 1 is 1.36 bits per heavy atom. The van der Waals surface area contributed by atoms with Crippen LogP contribution in [0, 0.1) is 24.6 Å². The summed E-state index contributed by atoms with van der Waals surface area (Å²) in [6.07, 6.45) is 3.50. The first kappa shape index (κ1) is 19.4. The Bertz CT molecular complexity index is 837. The second-order valence-electron chi connectivity index (χ2n) is 8.57. The molecule has 1 aromatic carbocycles. The van der Waals surface area contributed by atoms with Gasteiger partial charge in [-0.2, -0.15) is 0 Å². The van der Waals surface area contributed by atoms with E-state index in [2.05, 4.69) is 29.2 Å². The number of carbonyl (C=O) groups excluding carboxylic acids is 1. The fourth-order valence-electron chi connectivity index (χ4n) is 4.91. The highest BCUT2D eigenvalue weighted by atomic mass is 19.1. The highest BCUT2D eigenvalue weighted by Crippen LogP contribution is 2.39. The number of piperidine rings is 1. The first-order valence-electron chi connectivity index (χ1n) is 10.2. The summed E-state index contributed by atoms with van der Waals surface area (Å²) in [6, 6.07) is 5.11. The maximum atomic E-state index is 14.1. The van der Waals surface area contributed by atoms with Gasteiger partial charge < -0.3 is 19.9 Å². The molecular formula is C22H30FN3O2. The molecule has 1 saturated heterocycles. The Morgan fingerprint density at radius 2 is 2.11 bits per heavy atom. The molecule has 152 valence electrons. The normalized spacial score (nSPS) is 27.1. The molecule has 1 aliphatic heterocycles. The highest BCUT2D eigenvalue weighted by Gasteiger charge is 2.45. The molecule has 4 atom stereocenters. The second-order valence-corrected chi connectivity index (χ2v) is 8.57. The number of likely N-dealkylation sites (tertiary alicyclic amines) is 1. The minimum atomic E-state index is -0.307. The Kier molecular flexibility index (Phi) is 5.19. The van der Waals surface area contributed by atoms with E-state index in [0.717, 1.165) is 31.4 Å². The number of aromatic amines is 1. The number of aryl methyl sites for hydroxylation is 1. The first-order valence-corrected chi connectivity index (χ1v) is 10.2. The van der Waals surface area contributed by atoms with E-state index in [4.69, 9.17) is 4.74 Å². The minimum Gasteiger partial charge on any atom is -0.381 e. The molecule has 5 nitrogen and oxygen atoms in total. The number of carbonyl (C=O) groups is 1. The summed E-state index contributed by atoms with van der Waals surface area (Å²) in [5, 5.41) is 3.75. The lowest BCUT2D eigenvalue weighted by molar-refractivity contribution is -0.0374. The Hall–Kier alpha value is -1.92. The van der Waals surface area contributed by atoms with Gasteiger partial charge in [-0.25, -0.2) is 4.39 Å². The number of hydrogen-bond acceptors (Lipinski definition) is 3. The molecule has 2 heterocycles. The van der Waals surface area contributed by atoms with E-state index in [0.29, 0.717) is 28.4 Å². The summed E-state index contributed by atoms with van der Waals surface area (Å²) < 4.78 is 19.8. The topological polar surface area (TPSA) is 57.4 Å². The number of rotatable bonds is 5. The van der Waals surface area contributed by atoms with Crippen molar-refractivity contribution < 1.29 is 13.9 Å². The zero-order valence-corrected chi connectivity index (χ0v) is 17.1. The number of halogens is 1. The van der Waals surface area contributed by atoms with Gasteiger partial charge in [0.05, 0.1) is 11.6 Å². The number of benzene rings is 1. The number of aromatic nitrogens is 1. The quantitative estimate of drug-likeness (QED) is 0.826. The number of fused-ring (bicyclic) bond motifs is 1. The van der Waals surface area contributed by atoms with Crippen LogP contribution in [0.4, 0.5) is 4.39 Å². The largest absolute Gasteiger partial charge is 0.381 e. The summed E-state index contributed by atoms with van der Waals surface area (Å²) in [5.41, 5.74) is 2.04. The molecule has 1 amide bonds. The molecule has 6 heteroatoms. The van der Waals surface area contributed by atoms with Crippen LogP contribution < -0.4 is 5.32 Å². The van der Waals surface area contributed by atoms with Gasteiger partial charge in [-0.3, -0.25) is 4.79 Å². The van der Waals surface area contributed by atoms with Gasteiger partial charge in [0.2, 0.25) is 0 Å². The van der Waals surface area contributed by atoms with Crippen LogP contribution in [0.1, 0.15) is 42.2 Å². The van der Waals surface area contributed by atoms with Gasteiger partial charge in [-0.1, -0.05) is 13.0 Å². The zero-order chi connectivity index (χ0) is 20.0. The number of H-pyrrole nitrogens is 1. The lowest BCUT2D eigenvalue weighted by Gasteiger charge is -2.46. The maximum absolute atomic E-state index is 14.1. The van der Waals surface area contributed by atoms with E-state index < -0.39 is 0 Å². The van der Waals surface area contributed by atoms with Crippen LogP contribution in [0.25, 0.3) is 10.9 Å². The van der Waals surface area contributed by atoms with Gasteiger partial charge in [0.25, 0.3) is 5.91 Å². The summed E-state index contributed by atoms with van der Waals surface area (Å²) in [4.78, 5) is 18.6. The molecule has 2 aromatic rings. The van der Waals surface area contributed by atoms with Crippen molar-refractivity contribution in [3.63, 3.8) is 0 Å². The molecule has 0 bridgehead atoms. The third kappa shape index (κ3) is 3.44. The first-order chi connectivity index (χ1) is 13.4. The zero-order valence-electron chi connectivity index (χ0n) is 17.1. The second kappa shape index (κ2) is 7.48. The van der Waals surface area contributed by atoms with Gasteiger partial charge in [0.15, 0.2) is 0 Å².